The van der Waals surface area contributed by atoms with Crippen LogP contribution in [0.1, 0.15) is 18.9 Å². The van der Waals surface area contributed by atoms with Crippen molar-refractivity contribution in [2.24, 2.45) is 0 Å². The fraction of sp³-hybridized carbons (Fsp3) is 0.381. The lowest BCUT2D eigenvalue weighted by Crippen LogP contribution is -2.49. The first-order valence-corrected chi connectivity index (χ1v) is 11.5. The van der Waals surface area contributed by atoms with Crippen LogP contribution in [-0.2, 0) is 16.6 Å². The molecule has 29 heavy (non-hydrogen) atoms. The third-order valence-electron chi connectivity index (χ3n) is 4.77. The van der Waals surface area contributed by atoms with Crippen molar-refractivity contribution in [1.82, 2.24) is 9.80 Å². The molecule has 8 heteroatoms. The minimum absolute atomic E-state index is 0.0663. The van der Waals surface area contributed by atoms with Crippen LogP contribution in [-0.4, -0.2) is 56.2 Å². The molecule has 1 aliphatic heterocycles. The summed E-state index contributed by atoms with van der Waals surface area (Å²) in [4.78, 5) is 16.7. The summed E-state index contributed by atoms with van der Waals surface area (Å²) in [7, 11) is -3.36. The Labute approximate surface area is 172 Å². The number of rotatable bonds is 7. The average Bonchev–Trinajstić information content (AvgIpc) is 2.69. The highest BCUT2D eigenvalue weighted by molar-refractivity contribution is 7.92. The molecule has 2 aromatic carbocycles. The molecular formula is C21H28N4O3S. The quantitative estimate of drug-likeness (QED) is 0.726. The van der Waals surface area contributed by atoms with E-state index in [4.69, 9.17) is 0 Å². The van der Waals surface area contributed by atoms with Gasteiger partial charge in [-0.15, -0.1) is 0 Å². The first-order chi connectivity index (χ1) is 13.9. The molecule has 0 spiro atoms. The number of sulfonamides is 1. The number of hydrogen-bond acceptors (Lipinski definition) is 4. The summed E-state index contributed by atoms with van der Waals surface area (Å²) in [5, 5.41) is 2.87. The Bertz CT molecular complexity index is 911. The van der Waals surface area contributed by atoms with Crippen LogP contribution in [0.2, 0.25) is 0 Å². The molecule has 2 aromatic rings. The van der Waals surface area contributed by atoms with E-state index in [0.717, 1.165) is 19.6 Å². The van der Waals surface area contributed by atoms with Gasteiger partial charge >= 0.3 is 6.03 Å². The van der Waals surface area contributed by atoms with Gasteiger partial charge in [0.2, 0.25) is 10.0 Å². The fourth-order valence-corrected chi connectivity index (χ4v) is 4.44. The number of benzene rings is 2. The molecule has 0 aliphatic carbocycles. The number of anilines is 2. The van der Waals surface area contributed by atoms with Crippen LogP contribution in [0.3, 0.4) is 0 Å². The lowest BCUT2D eigenvalue weighted by Gasteiger charge is -2.34. The van der Waals surface area contributed by atoms with Crippen molar-refractivity contribution in [2.75, 3.05) is 42.0 Å². The molecule has 1 fully saturated rings. The third kappa shape index (κ3) is 6.47. The highest BCUT2D eigenvalue weighted by Crippen LogP contribution is 2.18. The first kappa shape index (κ1) is 21.1. The van der Waals surface area contributed by atoms with Crippen molar-refractivity contribution in [2.45, 2.75) is 19.9 Å². The van der Waals surface area contributed by atoms with E-state index >= 15 is 0 Å². The number of piperazine rings is 1. The van der Waals surface area contributed by atoms with E-state index in [2.05, 4.69) is 27.1 Å². The molecule has 1 saturated heterocycles. The number of nitrogens with one attached hydrogen (secondary N) is 2. The predicted molar refractivity (Wildman–Crippen MR) is 116 cm³/mol. The highest BCUT2D eigenvalue weighted by Gasteiger charge is 2.21. The van der Waals surface area contributed by atoms with Crippen LogP contribution in [0, 0.1) is 0 Å². The fourth-order valence-electron chi connectivity index (χ4n) is 3.31. The lowest BCUT2D eigenvalue weighted by molar-refractivity contribution is 0.143. The van der Waals surface area contributed by atoms with Gasteiger partial charge in [-0.1, -0.05) is 43.3 Å². The second-order valence-corrected chi connectivity index (χ2v) is 9.02. The average molecular weight is 417 g/mol. The molecule has 0 bridgehead atoms. The van der Waals surface area contributed by atoms with Gasteiger partial charge in [0, 0.05) is 38.4 Å². The Hall–Kier alpha value is -2.58. The zero-order valence-electron chi connectivity index (χ0n) is 16.7. The number of hydrogen-bond donors (Lipinski definition) is 2. The minimum Gasteiger partial charge on any atom is -0.322 e. The third-order valence-corrected chi connectivity index (χ3v) is 6.26. The van der Waals surface area contributed by atoms with Crippen LogP contribution in [0.4, 0.5) is 16.2 Å². The van der Waals surface area contributed by atoms with Crippen molar-refractivity contribution in [3.05, 3.63) is 60.2 Å². The molecule has 3 rings (SSSR count). The summed E-state index contributed by atoms with van der Waals surface area (Å²) in [6, 6.07) is 16.9. The summed E-state index contributed by atoms with van der Waals surface area (Å²) in [6.45, 7) is 5.65. The van der Waals surface area contributed by atoms with Gasteiger partial charge in [0.05, 0.1) is 11.4 Å². The van der Waals surface area contributed by atoms with Crippen LogP contribution < -0.4 is 10.0 Å². The maximum Gasteiger partial charge on any atom is 0.321 e. The topological polar surface area (TPSA) is 81.8 Å². The van der Waals surface area contributed by atoms with Gasteiger partial charge in [0.25, 0.3) is 0 Å². The van der Waals surface area contributed by atoms with Crippen LogP contribution in [0.25, 0.3) is 0 Å². The molecule has 2 N–H and O–H groups in total. The van der Waals surface area contributed by atoms with Crippen molar-refractivity contribution < 1.29 is 13.2 Å². The summed E-state index contributed by atoms with van der Waals surface area (Å²) in [5.41, 5.74) is 2.29. The SMILES string of the molecule is CCCS(=O)(=O)Nc1cccc(NC(=O)N2CCN(Cc3ccccc3)CC2)c1. The van der Waals surface area contributed by atoms with Crippen LogP contribution in [0.15, 0.2) is 54.6 Å². The number of urea groups is 1. The summed E-state index contributed by atoms with van der Waals surface area (Å²) in [6.07, 6.45) is 0.544. The highest BCUT2D eigenvalue weighted by atomic mass is 32.2. The Morgan fingerprint density at radius 1 is 0.966 bits per heavy atom. The van der Waals surface area contributed by atoms with Crippen molar-refractivity contribution in [3.8, 4) is 0 Å². The Kier molecular flexibility index (Phi) is 7.11. The molecule has 7 nitrogen and oxygen atoms in total. The second kappa shape index (κ2) is 9.76. The Morgan fingerprint density at radius 3 is 2.34 bits per heavy atom. The molecule has 0 radical (unpaired) electrons. The normalized spacial score (nSPS) is 15.1. The van der Waals surface area contributed by atoms with E-state index in [1.54, 1.807) is 29.2 Å². The van der Waals surface area contributed by atoms with Gasteiger partial charge < -0.3 is 10.2 Å². The molecule has 0 atom stereocenters. The number of carbonyl (C=O) groups is 1. The predicted octanol–water partition coefficient (Wildman–Crippen LogP) is 3.19. The summed E-state index contributed by atoms with van der Waals surface area (Å²) >= 11 is 0. The smallest absolute Gasteiger partial charge is 0.321 e. The van der Waals surface area contributed by atoms with Gasteiger partial charge in [-0.05, 0) is 30.2 Å². The minimum atomic E-state index is -3.36. The van der Waals surface area contributed by atoms with Crippen LogP contribution >= 0.6 is 0 Å². The van der Waals surface area contributed by atoms with E-state index in [1.165, 1.54) is 5.56 Å². The van der Waals surface area contributed by atoms with Gasteiger partial charge in [-0.3, -0.25) is 9.62 Å². The van der Waals surface area contributed by atoms with Gasteiger partial charge in [-0.2, -0.15) is 0 Å². The first-order valence-electron chi connectivity index (χ1n) is 9.88. The molecule has 1 heterocycles. The monoisotopic (exact) mass is 416 g/mol. The molecule has 156 valence electrons. The van der Waals surface area contributed by atoms with E-state index in [9.17, 15) is 13.2 Å². The molecular weight excluding hydrogens is 388 g/mol. The summed E-state index contributed by atoms with van der Waals surface area (Å²) in [5.74, 6) is 0.0663. The maximum atomic E-state index is 12.6. The van der Waals surface area contributed by atoms with Gasteiger partial charge in [-0.25, -0.2) is 13.2 Å². The van der Waals surface area contributed by atoms with E-state index in [1.807, 2.05) is 25.1 Å². The second-order valence-electron chi connectivity index (χ2n) is 7.18. The molecule has 0 unspecified atom stereocenters. The number of carbonyl (C=O) groups excluding carboxylic acids is 1. The zero-order chi connectivity index (χ0) is 20.7. The zero-order valence-corrected chi connectivity index (χ0v) is 17.5. The van der Waals surface area contributed by atoms with Crippen molar-refractivity contribution in [1.29, 1.82) is 0 Å². The lowest BCUT2D eigenvalue weighted by atomic mass is 10.2. The maximum absolute atomic E-state index is 12.6. The molecule has 2 amide bonds. The van der Waals surface area contributed by atoms with Crippen LogP contribution in [0.5, 0.6) is 0 Å². The molecule has 0 saturated carbocycles. The van der Waals surface area contributed by atoms with E-state index in [-0.39, 0.29) is 11.8 Å². The van der Waals surface area contributed by atoms with Crippen molar-refractivity contribution >= 4 is 27.4 Å². The number of nitrogens with zero attached hydrogens (tertiary/aromatic N) is 2. The Balaban J connectivity index is 1.51. The Morgan fingerprint density at radius 2 is 1.66 bits per heavy atom. The summed E-state index contributed by atoms with van der Waals surface area (Å²) < 4.78 is 26.4. The van der Waals surface area contributed by atoms with E-state index in [0.29, 0.717) is 30.9 Å². The standard InChI is InChI=1S/C21H28N4O3S/c1-2-15-29(27,28)23-20-10-6-9-19(16-20)22-21(26)25-13-11-24(12-14-25)17-18-7-4-3-5-8-18/h3-10,16,23H,2,11-15,17H2,1H3,(H,22,26). The van der Waals surface area contributed by atoms with Gasteiger partial charge in [0.1, 0.15) is 0 Å². The number of amides is 2. The van der Waals surface area contributed by atoms with Crippen molar-refractivity contribution in [3.63, 3.8) is 0 Å². The molecule has 0 aromatic heterocycles. The van der Waals surface area contributed by atoms with Gasteiger partial charge in [0.15, 0.2) is 0 Å². The largest absolute Gasteiger partial charge is 0.322 e. The van der Waals surface area contributed by atoms with E-state index < -0.39 is 10.0 Å². The molecule has 1 aliphatic rings.